The lowest BCUT2D eigenvalue weighted by molar-refractivity contribution is 0.614. The van der Waals surface area contributed by atoms with Crippen LogP contribution in [0.15, 0.2) is 42.7 Å². The van der Waals surface area contributed by atoms with Gasteiger partial charge in [0.1, 0.15) is 5.82 Å². The highest BCUT2D eigenvalue weighted by molar-refractivity contribution is 5.30. The topological polar surface area (TPSA) is 12.9 Å². The van der Waals surface area contributed by atoms with Crippen LogP contribution in [0.2, 0.25) is 0 Å². The van der Waals surface area contributed by atoms with Gasteiger partial charge in [-0.1, -0.05) is 18.2 Å². The van der Waals surface area contributed by atoms with E-state index in [1.807, 2.05) is 25.1 Å². The second kappa shape index (κ2) is 4.22. The summed E-state index contributed by atoms with van der Waals surface area (Å²) < 4.78 is 13.4. The molecule has 1 aromatic carbocycles. The van der Waals surface area contributed by atoms with Crippen molar-refractivity contribution in [2.24, 2.45) is 0 Å². The molecule has 1 heterocycles. The van der Waals surface area contributed by atoms with Crippen molar-refractivity contribution >= 4 is 0 Å². The van der Waals surface area contributed by atoms with Crippen LogP contribution in [0, 0.1) is 12.7 Å². The second-order valence-corrected chi connectivity index (χ2v) is 3.57. The molecule has 1 nitrogen and oxygen atoms in total. The van der Waals surface area contributed by atoms with Gasteiger partial charge in [0.25, 0.3) is 0 Å². The van der Waals surface area contributed by atoms with Gasteiger partial charge < -0.3 is 0 Å². The normalized spacial score (nSPS) is 10.3. The molecule has 0 amide bonds. The van der Waals surface area contributed by atoms with Gasteiger partial charge in [-0.3, -0.25) is 4.98 Å². The lowest BCUT2D eigenvalue weighted by atomic mass is 10.0. The average Bonchev–Trinajstić information content (AvgIpc) is 2.24. The number of halogens is 1. The first-order valence-corrected chi connectivity index (χ1v) is 4.90. The minimum atomic E-state index is -0.152. The maximum Gasteiger partial charge on any atom is 0.126 e. The molecule has 0 saturated carbocycles. The van der Waals surface area contributed by atoms with Crippen LogP contribution in [0.25, 0.3) is 0 Å². The van der Waals surface area contributed by atoms with Gasteiger partial charge in [-0.25, -0.2) is 4.39 Å². The third-order valence-corrected chi connectivity index (χ3v) is 2.49. The van der Waals surface area contributed by atoms with Crippen LogP contribution in [0.3, 0.4) is 0 Å². The molecule has 0 unspecified atom stereocenters. The van der Waals surface area contributed by atoms with Crippen molar-refractivity contribution in [2.45, 2.75) is 13.3 Å². The first kappa shape index (κ1) is 9.84. The first-order chi connectivity index (χ1) is 7.27. The number of hydrogen-bond donors (Lipinski definition) is 0. The molecule has 0 aliphatic rings. The molecule has 0 saturated heterocycles. The van der Waals surface area contributed by atoms with E-state index in [0.717, 1.165) is 11.1 Å². The van der Waals surface area contributed by atoms with E-state index in [-0.39, 0.29) is 5.82 Å². The number of nitrogens with zero attached hydrogens (tertiary/aromatic N) is 1. The van der Waals surface area contributed by atoms with Crippen LogP contribution in [0.4, 0.5) is 4.39 Å². The highest BCUT2D eigenvalue weighted by Crippen LogP contribution is 2.14. The summed E-state index contributed by atoms with van der Waals surface area (Å²) in [4.78, 5) is 4.05. The van der Waals surface area contributed by atoms with E-state index in [4.69, 9.17) is 0 Å². The summed E-state index contributed by atoms with van der Waals surface area (Å²) in [7, 11) is 0. The Kier molecular flexibility index (Phi) is 2.77. The molecule has 0 aliphatic heterocycles. The zero-order valence-corrected chi connectivity index (χ0v) is 8.57. The molecule has 2 rings (SSSR count). The molecule has 0 fully saturated rings. The van der Waals surface area contributed by atoms with Crippen LogP contribution in [-0.4, -0.2) is 4.98 Å². The van der Waals surface area contributed by atoms with Crippen molar-refractivity contribution in [3.63, 3.8) is 0 Å². The van der Waals surface area contributed by atoms with Crippen molar-refractivity contribution in [1.29, 1.82) is 0 Å². The minimum absolute atomic E-state index is 0.152. The van der Waals surface area contributed by atoms with Crippen molar-refractivity contribution in [2.75, 3.05) is 0 Å². The Labute approximate surface area is 88.6 Å². The number of aryl methyl sites for hydroxylation is 1. The molecule has 15 heavy (non-hydrogen) atoms. The number of hydrogen-bond acceptors (Lipinski definition) is 1. The maximum atomic E-state index is 13.4. The Bertz CT molecular complexity index is 422. The van der Waals surface area contributed by atoms with Gasteiger partial charge in [0.05, 0.1) is 0 Å². The highest BCUT2D eigenvalue weighted by Gasteiger charge is 2.03. The molecule has 2 heteroatoms. The average molecular weight is 201 g/mol. The van der Waals surface area contributed by atoms with Crippen LogP contribution >= 0.6 is 0 Å². The van der Waals surface area contributed by atoms with E-state index in [1.54, 1.807) is 18.5 Å². The van der Waals surface area contributed by atoms with Gasteiger partial charge in [-0.05, 0) is 35.7 Å². The summed E-state index contributed by atoms with van der Waals surface area (Å²) in [6.07, 6.45) is 4.15. The van der Waals surface area contributed by atoms with Gasteiger partial charge in [0.15, 0.2) is 0 Å². The maximum absolute atomic E-state index is 13.4. The second-order valence-electron chi connectivity index (χ2n) is 3.57. The van der Waals surface area contributed by atoms with Crippen molar-refractivity contribution in [3.8, 4) is 0 Å². The van der Waals surface area contributed by atoms with Gasteiger partial charge in [0.2, 0.25) is 0 Å². The lowest BCUT2D eigenvalue weighted by Crippen LogP contribution is -1.95. The van der Waals surface area contributed by atoms with E-state index in [0.29, 0.717) is 12.0 Å². The van der Waals surface area contributed by atoms with Crippen LogP contribution < -0.4 is 0 Å². The van der Waals surface area contributed by atoms with Gasteiger partial charge in [-0.2, -0.15) is 0 Å². The van der Waals surface area contributed by atoms with Crippen LogP contribution in [-0.2, 0) is 6.42 Å². The third kappa shape index (κ3) is 2.21. The Morgan fingerprint density at radius 2 is 1.93 bits per heavy atom. The molecular weight excluding hydrogens is 189 g/mol. The third-order valence-electron chi connectivity index (χ3n) is 2.49. The van der Waals surface area contributed by atoms with Crippen molar-refractivity contribution in [3.05, 3.63) is 65.2 Å². The smallest absolute Gasteiger partial charge is 0.126 e. The van der Waals surface area contributed by atoms with E-state index in [2.05, 4.69) is 4.98 Å². The van der Waals surface area contributed by atoms with E-state index < -0.39 is 0 Å². The molecule has 0 bridgehead atoms. The van der Waals surface area contributed by atoms with E-state index in [9.17, 15) is 4.39 Å². The molecule has 76 valence electrons. The fraction of sp³-hybridized carbons (Fsp3) is 0.154. The first-order valence-electron chi connectivity index (χ1n) is 4.90. The van der Waals surface area contributed by atoms with Crippen molar-refractivity contribution < 1.29 is 4.39 Å². The van der Waals surface area contributed by atoms with Crippen LogP contribution in [0.5, 0.6) is 0 Å². The molecule has 0 aliphatic carbocycles. The Hall–Kier alpha value is -1.70. The van der Waals surface area contributed by atoms with Gasteiger partial charge in [-0.15, -0.1) is 0 Å². The SMILES string of the molecule is Cc1ccncc1Cc1ccccc1F. The summed E-state index contributed by atoms with van der Waals surface area (Å²) in [6, 6.07) is 8.79. The fourth-order valence-corrected chi connectivity index (χ4v) is 1.53. The van der Waals surface area contributed by atoms with Gasteiger partial charge >= 0.3 is 0 Å². The Balaban J connectivity index is 2.30. The van der Waals surface area contributed by atoms with Crippen LogP contribution in [0.1, 0.15) is 16.7 Å². The number of benzene rings is 1. The van der Waals surface area contributed by atoms with E-state index >= 15 is 0 Å². The molecule has 0 radical (unpaired) electrons. The van der Waals surface area contributed by atoms with Gasteiger partial charge in [0, 0.05) is 18.8 Å². The summed E-state index contributed by atoms with van der Waals surface area (Å²) in [6.45, 7) is 2.01. The molecule has 2 aromatic rings. The molecule has 0 spiro atoms. The summed E-state index contributed by atoms with van der Waals surface area (Å²) in [5.41, 5.74) is 2.93. The highest BCUT2D eigenvalue weighted by atomic mass is 19.1. The monoisotopic (exact) mass is 201 g/mol. The zero-order valence-electron chi connectivity index (χ0n) is 8.57. The predicted octanol–water partition coefficient (Wildman–Crippen LogP) is 3.12. The van der Waals surface area contributed by atoms with Crippen molar-refractivity contribution in [1.82, 2.24) is 4.98 Å². The largest absolute Gasteiger partial charge is 0.264 e. The standard InChI is InChI=1S/C13H12FN/c1-10-6-7-15-9-12(10)8-11-4-2-3-5-13(11)14/h2-7,9H,8H2,1H3. The number of rotatable bonds is 2. The summed E-state index contributed by atoms with van der Waals surface area (Å²) in [5.74, 6) is -0.152. The number of pyridine rings is 1. The Morgan fingerprint density at radius 3 is 2.67 bits per heavy atom. The molecular formula is C13H12FN. The molecule has 1 aromatic heterocycles. The quantitative estimate of drug-likeness (QED) is 0.727. The molecule has 0 atom stereocenters. The Morgan fingerprint density at radius 1 is 1.13 bits per heavy atom. The minimum Gasteiger partial charge on any atom is -0.264 e. The van der Waals surface area contributed by atoms with E-state index in [1.165, 1.54) is 6.07 Å². The lowest BCUT2D eigenvalue weighted by Gasteiger charge is -2.05. The fourth-order valence-electron chi connectivity index (χ4n) is 1.53. The predicted molar refractivity (Wildman–Crippen MR) is 58.2 cm³/mol. The molecule has 0 N–H and O–H groups in total. The summed E-state index contributed by atoms with van der Waals surface area (Å²) >= 11 is 0. The number of aromatic nitrogens is 1. The zero-order chi connectivity index (χ0) is 10.7. The summed E-state index contributed by atoms with van der Waals surface area (Å²) in [5, 5.41) is 0.